The van der Waals surface area contributed by atoms with E-state index in [0.29, 0.717) is 35.4 Å². The van der Waals surface area contributed by atoms with E-state index in [1.54, 1.807) is 43.9 Å². The third kappa shape index (κ3) is 5.39. The highest BCUT2D eigenvalue weighted by Crippen LogP contribution is 2.52. The Balaban J connectivity index is 1.47. The Bertz CT molecular complexity index is 1910. The molecule has 2 atom stereocenters. The number of alkyl halides is 3. The molecule has 14 heteroatoms. The van der Waals surface area contributed by atoms with Crippen LogP contribution in [0.3, 0.4) is 0 Å². The highest BCUT2D eigenvalue weighted by molar-refractivity contribution is 7.89. The Morgan fingerprint density at radius 3 is 2.49 bits per heavy atom. The van der Waals surface area contributed by atoms with Gasteiger partial charge >= 0.3 is 6.18 Å². The third-order valence-corrected chi connectivity index (χ3v) is 10.7. The topological polar surface area (TPSA) is 103 Å². The third-order valence-electron chi connectivity index (χ3n) is 8.59. The van der Waals surface area contributed by atoms with Crippen molar-refractivity contribution in [2.24, 2.45) is 12.5 Å². The van der Waals surface area contributed by atoms with Gasteiger partial charge in [-0.2, -0.15) is 27.7 Å². The molecule has 3 aromatic heterocycles. The highest BCUT2D eigenvalue weighted by atomic mass is 32.2. The van der Waals surface area contributed by atoms with Crippen molar-refractivity contribution in [3.8, 4) is 5.69 Å². The molecule has 0 N–H and O–H groups in total. The van der Waals surface area contributed by atoms with Gasteiger partial charge in [-0.15, -0.1) is 0 Å². The molecule has 2 aliphatic carbocycles. The van der Waals surface area contributed by atoms with Gasteiger partial charge < -0.3 is 0 Å². The predicted molar refractivity (Wildman–Crippen MR) is 156 cm³/mol. The SMILES string of the molecule is CC(C)N([C@H]1CCC2=Cc3c(cnn3-c3ccc(F)cc3)C[C@]2(C(=O)c2cc(C(F)(F)F)ccn2)C1)S(=O)(=O)c1cnn(C)c1. The molecule has 1 saturated carbocycles. The number of hydrogen-bond donors (Lipinski definition) is 0. The molecule has 4 aromatic rings. The van der Waals surface area contributed by atoms with E-state index in [0.717, 1.165) is 18.3 Å². The summed E-state index contributed by atoms with van der Waals surface area (Å²) in [4.78, 5) is 18.6. The lowest BCUT2D eigenvalue weighted by Gasteiger charge is -2.47. The van der Waals surface area contributed by atoms with E-state index in [2.05, 4.69) is 15.2 Å². The number of allylic oxidation sites excluding steroid dienone is 1. The second-order valence-electron chi connectivity index (χ2n) is 11.8. The summed E-state index contributed by atoms with van der Waals surface area (Å²) in [5.41, 5.74) is -0.177. The van der Waals surface area contributed by atoms with Gasteiger partial charge in [-0.05, 0) is 87.6 Å². The number of carbonyl (C=O) groups is 1. The number of nitrogens with zero attached hydrogens (tertiary/aromatic N) is 6. The van der Waals surface area contributed by atoms with E-state index >= 15 is 0 Å². The zero-order valence-electron chi connectivity index (χ0n) is 24.7. The Morgan fingerprint density at radius 1 is 1.11 bits per heavy atom. The van der Waals surface area contributed by atoms with Gasteiger partial charge in [0.05, 0.1) is 34.8 Å². The fraction of sp³-hybridized carbons (Fsp3) is 0.355. The standard InChI is InChI=1S/C31H30F4N6O3S/c1-19(2)41(45(43,44)26-17-37-39(3)18-26)25-7-4-21-13-28-20(16-38-40(28)24-8-5-23(32)6-9-24)14-30(21,15-25)29(42)27-12-22(10-11-36-27)31(33,34)35/h5-6,8-13,16-19,25H,4,7,14-15H2,1-3H3/t25-,30-/m0/s1. The summed E-state index contributed by atoms with van der Waals surface area (Å²) in [5, 5.41) is 8.51. The number of carbonyl (C=O) groups excluding carboxylic acids is 1. The first-order valence-corrected chi connectivity index (χ1v) is 15.8. The van der Waals surface area contributed by atoms with Gasteiger partial charge in [0.15, 0.2) is 5.78 Å². The van der Waals surface area contributed by atoms with Crippen LogP contribution in [-0.2, 0) is 29.7 Å². The molecule has 0 unspecified atom stereocenters. The first-order valence-electron chi connectivity index (χ1n) is 14.3. The van der Waals surface area contributed by atoms with Crippen molar-refractivity contribution in [1.82, 2.24) is 28.9 Å². The first-order chi connectivity index (χ1) is 21.2. The van der Waals surface area contributed by atoms with Gasteiger partial charge in [0.25, 0.3) is 0 Å². The van der Waals surface area contributed by atoms with Crippen LogP contribution in [-0.4, -0.2) is 55.1 Å². The molecule has 0 radical (unpaired) electrons. The Kier molecular flexibility index (Phi) is 7.55. The monoisotopic (exact) mass is 642 g/mol. The fourth-order valence-electron chi connectivity index (χ4n) is 6.61. The van der Waals surface area contributed by atoms with Gasteiger partial charge in [0, 0.05) is 31.5 Å². The minimum absolute atomic E-state index is 0.00599. The number of pyridine rings is 1. The molecule has 1 fully saturated rings. The average molecular weight is 643 g/mol. The smallest absolute Gasteiger partial charge is 0.291 e. The molecular formula is C31H30F4N6O3S. The molecular weight excluding hydrogens is 612 g/mol. The lowest BCUT2D eigenvalue weighted by atomic mass is 9.60. The summed E-state index contributed by atoms with van der Waals surface area (Å²) >= 11 is 0. The van der Waals surface area contributed by atoms with E-state index in [4.69, 9.17) is 0 Å². The van der Waals surface area contributed by atoms with E-state index < -0.39 is 50.9 Å². The summed E-state index contributed by atoms with van der Waals surface area (Å²) in [5.74, 6) is -1.03. The van der Waals surface area contributed by atoms with Gasteiger partial charge in [0.2, 0.25) is 10.0 Å². The number of hydrogen-bond acceptors (Lipinski definition) is 6. The molecule has 0 aliphatic heterocycles. The van der Waals surface area contributed by atoms with Crippen LogP contribution in [0.15, 0.2) is 71.7 Å². The van der Waals surface area contributed by atoms with E-state index in [1.807, 2.05) is 6.08 Å². The number of aryl methyl sites for hydroxylation is 1. The second-order valence-corrected chi connectivity index (χ2v) is 13.6. The van der Waals surface area contributed by atoms with Crippen LogP contribution < -0.4 is 0 Å². The molecule has 3 heterocycles. The van der Waals surface area contributed by atoms with Crippen molar-refractivity contribution in [3.63, 3.8) is 0 Å². The number of ketones is 1. The van der Waals surface area contributed by atoms with Crippen molar-refractivity contribution in [3.05, 3.63) is 95.1 Å². The van der Waals surface area contributed by atoms with Crippen molar-refractivity contribution in [2.75, 3.05) is 0 Å². The number of aromatic nitrogens is 5. The second kappa shape index (κ2) is 11.0. The Morgan fingerprint density at radius 2 is 1.84 bits per heavy atom. The van der Waals surface area contributed by atoms with Crippen molar-refractivity contribution in [2.45, 2.75) is 62.7 Å². The lowest BCUT2D eigenvalue weighted by Crippen LogP contribution is -2.52. The minimum atomic E-state index is -4.69. The van der Waals surface area contributed by atoms with Gasteiger partial charge in [-0.25, -0.2) is 17.5 Å². The summed E-state index contributed by atoms with van der Waals surface area (Å²) in [6, 6.07) is 6.16. The van der Waals surface area contributed by atoms with Crippen molar-refractivity contribution in [1.29, 1.82) is 0 Å². The Hall–Kier alpha value is -4.17. The van der Waals surface area contributed by atoms with Gasteiger partial charge in [-0.3, -0.25) is 14.5 Å². The molecule has 6 rings (SSSR count). The predicted octanol–water partition coefficient (Wildman–Crippen LogP) is 5.62. The largest absolute Gasteiger partial charge is 0.416 e. The van der Waals surface area contributed by atoms with Gasteiger partial charge in [0.1, 0.15) is 16.4 Å². The van der Waals surface area contributed by atoms with Crippen LogP contribution in [0.4, 0.5) is 17.6 Å². The van der Waals surface area contributed by atoms with Crippen LogP contribution >= 0.6 is 0 Å². The molecule has 236 valence electrons. The zero-order valence-corrected chi connectivity index (χ0v) is 25.5. The van der Waals surface area contributed by atoms with Crippen LogP contribution in [0, 0.1) is 11.2 Å². The van der Waals surface area contributed by atoms with Crippen LogP contribution in [0.1, 0.15) is 60.4 Å². The number of sulfonamides is 1. The number of halogens is 4. The number of fused-ring (bicyclic) bond motifs is 2. The molecule has 0 spiro atoms. The molecule has 0 bridgehead atoms. The molecule has 0 amide bonds. The van der Waals surface area contributed by atoms with E-state index in [-0.39, 0.29) is 23.4 Å². The molecule has 9 nitrogen and oxygen atoms in total. The highest BCUT2D eigenvalue weighted by Gasteiger charge is 2.52. The average Bonchev–Trinajstić information content (AvgIpc) is 3.61. The van der Waals surface area contributed by atoms with Crippen molar-refractivity contribution >= 4 is 21.9 Å². The molecule has 0 saturated heterocycles. The van der Waals surface area contributed by atoms with Crippen LogP contribution in [0.2, 0.25) is 0 Å². The molecule has 45 heavy (non-hydrogen) atoms. The Labute approximate surface area is 257 Å². The van der Waals surface area contributed by atoms with Gasteiger partial charge in [-0.1, -0.05) is 5.57 Å². The minimum Gasteiger partial charge on any atom is -0.291 e. The maximum absolute atomic E-state index is 14.5. The zero-order chi connectivity index (χ0) is 32.3. The summed E-state index contributed by atoms with van der Waals surface area (Å²) in [7, 11) is -2.44. The number of benzene rings is 1. The lowest BCUT2D eigenvalue weighted by molar-refractivity contribution is -0.137. The summed E-state index contributed by atoms with van der Waals surface area (Å²) < 4.78 is 86.9. The molecule has 1 aromatic carbocycles. The van der Waals surface area contributed by atoms with E-state index in [9.17, 15) is 30.8 Å². The van der Waals surface area contributed by atoms with Crippen LogP contribution in [0.5, 0.6) is 0 Å². The maximum Gasteiger partial charge on any atom is 0.416 e. The van der Waals surface area contributed by atoms with Crippen molar-refractivity contribution < 1.29 is 30.8 Å². The normalized spacial score (nSPS) is 20.2. The quantitative estimate of drug-likeness (QED) is 0.192. The number of rotatable bonds is 7. The number of Topliss-reactive ketones (excluding diaryl/α,β-unsaturated/α-hetero) is 1. The fourth-order valence-corrected chi connectivity index (χ4v) is 8.45. The van der Waals surface area contributed by atoms with E-state index in [1.165, 1.54) is 33.5 Å². The summed E-state index contributed by atoms with van der Waals surface area (Å²) in [6.07, 6.45) is 3.10. The molecule has 2 aliphatic rings. The summed E-state index contributed by atoms with van der Waals surface area (Å²) in [6.45, 7) is 3.49. The maximum atomic E-state index is 14.5. The van der Waals surface area contributed by atoms with Crippen LogP contribution in [0.25, 0.3) is 11.8 Å². The first kappa shape index (κ1) is 30.8.